The lowest BCUT2D eigenvalue weighted by Gasteiger charge is -2.35. The number of nitrogens with zero attached hydrogens (tertiary/aromatic N) is 4. The standard InChI is InChI=1S/C30H39N5O3/c1-30(2,3)38-29(37)34(4)20-35-14-12-21(13-15-35)23-10-11-24(26(16-23)22-8-6-5-7-9-22)17-27(36)28-32-19-25(18-31)33-28/h8,10-11,16,19,21H,5-7,9,12-15,17,20H2,1-4H3,(H,32,33). The summed E-state index contributed by atoms with van der Waals surface area (Å²) in [7, 11) is 1.79. The SMILES string of the molecule is CN(CN1CCC(c2ccc(CC(=O)c3ncc(C#N)[nH]3)c(C3=CCCCC3)c2)CC1)C(=O)OC(C)(C)C. The van der Waals surface area contributed by atoms with E-state index in [0.29, 0.717) is 18.3 Å². The summed E-state index contributed by atoms with van der Waals surface area (Å²) < 4.78 is 5.49. The molecule has 1 aromatic heterocycles. The first-order chi connectivity index (χ1) is 18.1. The Labute approximate surface area is 225 Å². The van der Waals surface area contributed by atoms with Gasteiger partial charge in [0.1, 0.15) is 17.4 Å². The molecular formula is C30H39N5O3. The van der Waals surface area contributed by atoms with Crippen LogP contribution < -0.4 is 0 Å². The van der Waals surface area contributed by atoms with Crippen molar-refractivity contribution >= 4 is 17.4 Å². The van der Waals surface area contributed by atoms with E-state index in [4.69, 9.17) is 10.00 Å². The van der Waals surface area contributed by atoms with E-state index in [1.54, 1.807) is 11.9 Å². The van der Waals surface area contributed by atoms with E-state index in [1.807, 2.05) is 26.8 Å². The summed E-state index contributed by atoms with van der Waals surface area (Å²) in [4.78, 5) is 36.1. The number of allylic oxidation sites excluding steroid dienone is 2. The maximum atomic E-state index is 12.9. The van der Waals surface area contributed by atoms with Crippen LogP contribution in [0.1, 0.15) is 98.2 Å². The van der Waals surface area contributed by atoms with Gasteiger partial charge in [0.15, 0.2) is 5.82 Å². The van der Waals surface area contributed by atoms with Gasteiger partial charge in [-0.05, 0) is 87.5 Å². The lowest BCUT2D eigenvalue weighted by Crippen LogP contribution is -2.44. The highest BCUT2D eigenvalue weighted by atomic mass is 16.6. The smallest absolute Gasteiger partial charge is 0.411 e. The molecule has 1 saturated heterocycles. The molecule has 0 unspecified atom stereocenters. The quantitative estimate of drug-likeness (QED) is 0.475. The van der Waals surface area contributed by atoms with E-state index in [0.717, 1.165) is 50.8 Å². The number of likely N-dealkylation sites (tertiary alicyclic amines) is 1. The molecule has 2 heterocycles. The minimum absolute atomic E-state index is 0.112. The van der Waals surface area contributed by atoms with E-state index >= 15 is 0 Å². The fourth-order valence-electron chi connectivity index (χ4n) is 5.27. The van der Waals surface area contributed by atoms with Gasteiger partial charge in [-0.1, -0.05) is 24.3 Å². The number of ketones is 1. The monoisotopic (exact) mass is 517 g/mol. The molecule has 8 nitrogen and oxygen atoms in total. The number of hydrogen-bond acceptors (Lipinski definition) is 6. The Kier molecular flexibility index (Phi) is 8.68. The van der Waals surface area contributed by atoms with Gasteiger partial charge in [0.25, 0.3) is 0 Å². The number of nitriles is 1. The van der Waals surface area contributed by atoms with Crippen LogP contribution in [-0.2, 0) is 11.2 Å². The van der Waals surface area contributed by atoms with Crippen LogP contribution >= 0.6 is 0 Å². The number of aromatic amines is 1. The Hall–Kier alpha value is -3.44. The molecule has 0 bridgehead atoms. The fraction of sp³-hybridized carbons (Fsp3) is 0.533. The maximum Gasteiger partial charge on any atom is 0.411 e. The number of nitrogens with one attached hydrogen (secondary N) is 1. The molecule has 202 valence electrons. The number of imidazole rings is 1. The van der Waals surface area contributed by atoms with E-state index in [2.05, 4.69) is 39.1 Å². The summed E-state index contributed by atoms with van der Waals surface area (Å²) in [5.74, 6) is 0.561. The predicted octanol–water partition coefficient (Wildman–Crippen LogP) is 5.67. The van der Waals surface area contributed by atoms with Gasteiger partial charge in [0.05, 0.1) is 12.9 Å². The Bertz CT molecular complexity index is 1230. The van der Waals surface area contributed by atoms with Gasteiger partial charge in [0.2, 0.25) is 5.78 Å². The second kappa shape index (κ2) is 12.0. The topological polar surface area (TPSA) is 102 Å². The molecule has 38 heavy (non-hydrogen) atoms. The van der Waals surface area contributed by atoms with Crippen molar-refractivity contribution in [2.24, 2.45) is 0 Å². The number of benzene rings is 1. The molecule has 0 atom stereocenters. The van der Waals surface area contributed by atoms with Crippen LogP contribution in [0.2, 0.25) is 0 Å². The number of amides is 1. The summed E-state index contributed by atoms with van der Waals surface area (Å²) in [5, 5.41) is 9.05. The molecule has 1 N–H and O–H groups in total. The highest BCUT2D eigenvalue weighted by Gasteiger charge is 2.26. The zero-order chi connectivity index (χ0) is 27.3. The number of H-pyrrole nitrogens is 1. The van der Waals surface area contributed by atoms with Gasteiger partial charge in [-0.25, -0.2) is 9.78 Å². The number of piperidine rings is 1. The summed E-state index contributed by atoms with van der Waals surface area (Å²) in [5.41, 5.74) is 4.62. The van der Waals surface area contributed by atoms with Gasteiger partial charge >= 0.3 is 6.09 Å². The molecule has 1 amide bonds. The lowest BCUT2D eigenvalue weighted by molar-refractivity contribution is 0.0168. The minimum Gasteiger partial charge on any atom is -0.444 e. The van der Waals surface area contributed by atoms with E-state index in [9.17, 15) is 9.59 Å². The van der Waals surface area contributed by atoms with Crippen molar-refractivity contribution in [3.63, 3.8) is 0 Å². The first kappa shape index (κ1) is 27.6. The largest absolute Gasteiger partial charge is 0.444 e. The van der Waals surface area contributed by atoms with Crippen LogP contribution in [0.25, 0.3) is 5.57 Å². The Morgan fingerprint density at radius 1 is 1.24 bits per heavy atom. The molecular weight excluding hydrogens is 478 g/mol. The maximum absolute atomic E-state index is 12.9. The van der Waals surface area contributed by atoms with Gasteiger partial charge in [-0.15, -0.1) is 0 Å². The summed E-state index contributed by atoms with van der Waals surface area (Å²) in [6.45, 7) is 8.02. The van der Waals surface area contributed by atoms with Crippen molar-refractivity contribution < 1.29 is 14.3 Å². The zero-order valence-electron chi connectivity index (χ0n) is 23.0. The molecule has 0 saturated carbocycles. The highest BCUT2D eigenvalue weighted by molar-refractivity contribution is 5.95. The third-order valence-corrected chi connectivity index (χ3v) is 7.26. The second-order valence-electron chi connectivity index (χ2n) is 11.5. The third-order valence-electron chi connectivity index (χ3n) is 7.26. The van der Waals surface area contributed by atoms with Crippen LogP contribution in [0, 0.1) is 11.3 Å². The molecule has 0 radical (unpaired) electrons. The van der Waals surface area contributed by atoms with Gasteiger partial charge in [0, 0.05) is 26.6 Å². The molecule has 1 aliphatic heterocycles. The van der Waals surface area contributed by atoms with Crippen LogP contribution in [0.5, 0.6) is 0 Å². The van der Waals surface area contributed by atoms with E-state index in [-0.39, 0.29) is 24.1 Å². The zero-order valence-corrected chi connectivity index (χ0v) is 23.0. The number of hydrogen-bond donors (Lipinski definition) is 1. The summed E-state index contributed by atoms with van der Waals surface area (Å²) in [6.07, 6.45) is 10.2. The number of carbonyl (C=O) groups excluding carboxylic acids is 2. The van der Waals surface area contributed by atoms with Crippen LogP contribution in [-0.4, -0.2) is 64.1 Å². The fourth-order valence-corrected chi connectivity index (χ4v) is 5.27. The number of carbonyl (C=O) groups is 2. The Morgan fingerprint density at radius 3 is 2.63 bits per heavy atom. The number of ether oxygens (including phenoxy) is 1. The van der Waals surface area contributed by atoms with Crippen molar-refractivity contribution in [1.82, 2.24) is 19.8 Å². The average Bonchev–Trinajstić information content (AvgIpc) is 3.39. The second-order valence-corrected chi connectivity index (χ2v) is 11.5. The van der Waals surface area contributed by atoms with E-state index in [1.165, 1.54) is 29.3 Å². The molecule has 4 rings (SSSR count). The van der Waals surface area contributed by atoms with E-state index < -0.39 is 5.60 Å². The van der Waals surface area contributed by atoms with Crippen molar-refractivity contribution in [3.05, 3.63) is 58.7 Å². The van der Waals surface area contributed by atoms with Crippen LogP contribution in [0.4, 0.5) is 4.79 Å². The number of aromatic nitrogens is 2. The van der Waals surface area contributed by atoms with Crippen LogP contribution in [0.3, 0.4) is 0 Å². The molecule has 8 heteroatoms. The first-order valence-electron chi connectivity index (χ1n) is 13.6. The Balaban J connectivity index is 1.44. The average molecular weight is 518 g/mol. The minimum atomic E-state index is -0.502. The lowest BCUT2D eigenvalue weighted by atomic mass is 9.83. The van der Waals surface area contributed by atoms with Crippen molar-refractivity contribution in [1.29, 1.82) is 5.26 Å². The molecule has 0 spiro atoms. The molecule has 1 fully saturated rings. The first-order valence-corrected chi connectivity index (χ1v) is 13.6. The van der Waals surface area contributed by atoms with Gasteiger partial charge < -0.3 is 9.72 Å². The summed E-state index contributed by atoms with van der Waals surface area (Å²) >= 11 is 0. The van der Waals surface area contributed by atoms with Gasteiger partial charge in [-0.3, -0.25) is 14.6 Å². The van der Waals surface area contributed by atoms with Gasteiger partial charge in [-0.2, -0.15) is 5.26 Å². The normalized spacial score (nSPS) is 17.0. The summed E-state index contributed by atoms with van der Waals surface area (Å²) in [6, 6.07) is 8.57. The highest BCUT2D eigenvalue weighted by Crippen LogP contribution is 2.35. The Morgan fingerprint density at radius 2 is 2.00 bits per heavy atom. The molecule has 2 aromatic rings. The predicted molar refractivity (Wildman–Crippen MR) is 147 cm³/mol. The number of rotatable bonds is 7. The molecule has 1 aromatic carbocycles. The van der Waals surface area contributed by atoms with Crippen LogP contribution in [0.15, 0.2) is 30.5 Å². The van der Waals surface area contributed by atoms with Crippen molar-refractivity contribution in [2.45, 2.75) is 77.2 Å². The molecule has 1 aliphatic carbocycles. The third kappa shape index (κ3) is 7.11. The molecule has 2 aliphatic rings. The number of Topliss-reactive ketones (excluding diaryl/α,β-unsaturated/α-hetero) is 1. The van der Waals surface area contributed by atoms with Crippen molar-refractivity contribution in [2.75, 3.05) is 26.8 Å². The van der Waals surface area contributed by atoms with Crippen molar-refractivity contribution in [3.8, 4) is 6.07 Å².